The van der Waals surface area contributed by atoms with Gasteiger partial charge >= 0.3 is 0 Å². The van der Waals surface area contributed by atoms with Crippen LogP contribution in [-0.2, 0) is 4.43 Å². The van der Waals surface area contributed by atoms with Crippen molar-refractivity contribution < 1.29 is 9.53 Å². The van der Waals surface area contributed by atoms with Gasteiger partial charge < -0.3 is 9.53 Å². The lowest BCUT2D eigenvalue weighted by Gasteiger charge is -2.44. The molecule has 0 aromatic carbocycles. The van der Waals surface area contributed by atoms with E-state index in [0.717, 1.165) is 0 Å². The van der Waals surface area contributed by atoms with Crippen LogP contribution in [0.3, 0.4) is 0 Å². The van der Waals surface area contributed by atoms with E-state index in [0.29, 0.717) is 18.3 Å². The highest BCUT2D eigenvalue weighted by molar-refractivity contribution is 6.74. The second-order valence-electron chi connectivity index (χ2n) is 9.91. The summed E-state index contributed by atoms with van der Waals surface area (Å²) in [5, 5.41) is 11.1. The van der Waals surface area contributed by atoms with Gasteiger partial charge in [-0.3, -0.25) is 0 Å². The van der Waals surface area contributed by atoms with E-state index in [1.807, 2.05) is 13.0 Å². The Balaban J connectivity index is 2.77. The topological polar surface area (TPSA) is 29.5 Å². The first-order valence-electron chi connectivity index (χ1n) is 10.1. The molecule has 1 aliphatic rings. The lowest BCUT2D eigenvalue weighted by molar-refractivity contribution is -0.0181. The predicted molar refractivity (Wildman–Crippen MR) is 117 cm³/mol. The minimum absolute atomic E-state index is 0.0755. The van der Waals surface area contributed by atoms with Crippen LogP contribution in [0.15, 0.2) is 36.5 Å². The zero-order chi connectivity index (χ0) is 20.2. The Kier molecular flexibility index (Phi) is 8.13. The highest BCUT2D eigenvalue weighted by Gasteiger charge is 2.44. The summed E-state index contributed by atoms with van der Waals surface area (Å²) in [5.74, 6) is 1.37. The van der Waals surface area contributed by atoms with Crippen molar-refractivity contribution in [2.24, 2.45) is 17.3 Å². The van der Waals surface area contributed by atoms with Crippen LogP contribution in [0.4, 0.5) is 0 Å². The van der Waals surface area contributed by atoms with Crippen LogP contribution in [0.25, 0.3) is 0 Å². The first kappa shape index (κ1) is 23.4. The van der Waals surface area contributed by atoms with Crippen molar-refractivity contribution >= 4 is 8.32 Å². The van der Waals surface area contributed by atoms with Crippen molar-refractivity contribution in [1.82, 2.24) is 0 Å². The van der Waals surface area contributed by atoms with E-state index in [4.69, 9.17) is 4.43 Å². The Bertz CT molecular complexity index is 523. The molecule has 2 nitrogen and oxygen atoms in total. The monoisotopic (exact) mass is 378 g/mol. The van der Waals surface area contributed by atoms with Crippen molar-refractivity contribution in [3.05, 3.63) is 36.5 Å². The summed E-state index contributed by atoms with van der Waals surface area (Å²) in [6.45, 7) is 19.7. The molecule has 0 aromatic rings. The van der Waals surface area contributed by atoms with Crippen molar-refractivity contribution in [3.63, 3.8) is 0 Å². The van der Waals surface area contributed by atoms with Crippen molar-refractivity contribution in [2.75, 3.05) is 0 Å². The fourth-order valence-electron chi connectivity index (χ4n) is 2.91. The second kappa shape index (κ2) is 9.03. The van der Waals surface area contributed by atoms with Gasteiger partial charge in [-0.25, -0.2) is 0 Å². The maximum absolute atomic E-state index is 10.9. The molecule has 0 bridgehead atoms. The Morgan fingerprint density at radius 2 is 1.62 bits per heavy atom. The SMILES string of the molecule is C/C=C/C(O[Si](C)(C)C(C)(C)C)C(C)(C)[C@@H](O)C/C=C\[C@H]1C[C@H]1/C=C/C. The largest absolute Gasteiger partial charge is 0.410 e. The quantitative estimate of drug-likeness (QED) is 0.366. The molecule has 0 aromatic heterocycles. The maximum atomic E-state index is 10.9. The molecule has 0 heterocycles. The third-order valence-corrected chi connectivity index (χ3v) is 10.7. The summed E-state index contributed by atoms with van der Waals surface area (Å²) in [6, 6.07) is 0. The molecule has 1 unspecified atom stereocenters. The zero-order valence-electron chi connectivity index (χ0n) is 18.5. The van der Waals surface area contributed by atoms with E-state index in [1.54, 1.807) is 0 Å². The summed E-state index contributed by atoms with van der Waals surface area (Å²) in [4.78, 5) is 0. The summed E-state index contributed by atoms with van der Waals surface area (Å²) < 4.78 is 6.68. The van der Waals surface area contributed by atoms with Gasteiger partial charge in [0.2, 0.25) is 0 Å². The molecule has 1 N–H and O–H groups in total. The van der Waals surface area contributed by atoms with Crippen LogP contribution < -0.4 is 0 Å². The van der Waals surface area contributed by atoms with Crippen molar-refractivity contribution in [2.45, 2.75) is 91.6 Å². The highest BCUT2D eigenvalue weighted by Crippen LogP contribution is 2.42. The average molecular weight is 379 g/mol. The smallest absolute Gasteiger partial charge is 0.192 e. The summed E-state index contributed by atoms with van der Waals surface area (Å²) in [7, 11) is -1.91. The first-order valence-corrected chi connectivity index (χ1v) is 13.1. The van der Waals surface area contributed by atoms with Gasteiger partial charge in [-0.1, -0.05) is 71.1 Å². The normalized spacial score (nSPS) is 24.7. The van der Waals surface area contributed by atoms with Gasteiger partial charge in [0.25, 0.3) is 0 Å². The van der Waals surface area contributed by atoms with Gasteiger partial charge in [-0.15, -0.1) is 0 Å². The summed E-state index contributed by atoms with van der Waals surface area (Å²) in [6.07, 6.45) is 14.5. The first-order chi connectivity index (χ1) is 11.9. The van der Waals surface area contributed by atoms with Gasteiger partial charge in [0, 0.05) is 5.41 Å². The van der Waals surface area contributed by atoms with E-state index >= 15 is 0 Å². The summed E-state index contributed by atoms with van der Waals surface area (Å²) >= 11 is 0. The lowest BCUT2D eigenvalue weighted by atomic mass is 9.79. The van der Waals surface area contributed by atoms with Crippen molar-refractivity contribution in [1.29, 1.82) is 0 Å². The molecule has 4 atom stereocenters. The molecule has 0 amide bonds. The summed E-state index contributed by atoms with van der Waals surface area (Å²) in [5.41, 5.74) is -0.335. The molecule has 0 aliphatic heterocycles. The fourth-order valence-corrected chi connectivity index (χ4v) is 4.28. The molecule has 26 heavy (non-hydrogen) atoms. The van der Waals surface area contributed by atoms with E-state index in [2.05, 4.69) is 85.0 Å². The third kappa shape index (κ3) is 6.21. The molecule has 1 saturated carbocycles. The third-order valence-electron chi connectivity index (χ3n) is 6.26. The van der Waals surface area contributed by atoms with Crippen LogP contribution in [0, 0.1) is 17.3 Å². The van der Waals surface area contributed by atoms with Gasteiger partial charge in [0.15, 0.2) is 8.32 Å². The van der Waals surface area contributed by atoms with Gasteiger partial charge in [0.05, 0.1) is 12.2 Å². The second-order valence-corrected chi connectivity index (χ2v) is 14.7. The van der Waals surface area contributed by atoms with Crippen LogP contribution >= 0.6 is 0 Å². The molecular weight excluding hydrogens is 336 g/mol. The number of rotatable bonds is 9. The van der Waals surface area contributed by atoms with Gasteiger partial charge in [0.1, 0.15) is 0 Å². The lowest BCUT2D eigenvalue weighted by Crippen LogP contribution is -2.50. The molecule has 3 heteroatoms. The standard InChI is InChI=1S/C23H42O2Si/c1-10-13-18-17-19(18)15-12-16-20(24)23(6,7)21(14-11-2)25-26(8,9)22(3,4)5/h10-15,18-21,24H,16-17H2,1-9H3/b13-10+,14-11+,15-12-/t18-,19+,20+,21?/m1/s1. The van der Waals surface area contributed by atoms with Crippen LogP contribution in [0.1, 0.15) is 61.3 Å². The van der Waals surface area contributed by atoms with E-state index in [1.165, 1.54) is 6.42 Å². The van der Waals surface area contributed by atoms with Crippen LogP contribution in [0.5, 0.6) is 0 Å². The van der Waals surface area contributed by atoms with Gasteiger partial charge in [-0.05, 0) is 56.7 Å². The Morgan fingerprint density at radius 1 is 1.04 bits per heavy atom. The molecule has 1 aliphatic carbocycles. The maximum Gasteiger partial charge on any atom is 0.192 e. The Labute approximate surface area is 163 Å². The number of aliphatic hydroxyl groups is 1. The average Bonchev–Trinajstić information content (AvgIpc) is 3.23. The number of hydrogen-bond acceptors (Lipinski definition) is 2. The molecule has 0 saturated heterocycles. The molecular formula is C23H42O2Si. The van der Waals surface area contributed by atoms with Gasteiger partial charge in [-0.2, -0.15) is 0 Å². The molecule has 150 valence electrons. The zero-order valence-corrected chi connectivity index (χ0v) is 19.5. The molecule has 1 fully saturated rings. The van der Waals surface area contributed by atoms with E-state index in [-0.39, 0.29) is 16.6 Å². The predicted octanol–water partition coefficient (Wildman–Crippen LogP) is 6.50. The minimum atomic E-state index is -1.91. The van der Waals surface area contributed by atoms with E-state index < -0.39 is 14.4 Å². The number of aliphatic hydroxyl groups excluding tert-OH is 1. The Morgan fingerprint density at radius 3 is 2.12 bits per heavy atom. The fraction of sp³-hybridized carbons (Fsp3) is 0.739. The highest BCUT2D eigenvalue weighted by atomic mass is 28.4. The number of hydrogen-bond donors (Lipinski definition) is 1. The molecule has 1 rings (SSSR count). The molecule has 0 radical (unpaired) electrons. The Hall–Kier alpha value is -0.643. The van der Waals surface area contributed by atoms with Crippen molar-refractivity contribution in [3.8, 4) is 0 Å². The number of allylic oxidation sites excluding steroid dienone is 4. The van der Waals surface area contributed by atoms with E-state index in [9.17, 15) is 5.11 Å². The molecule has 0 spiro atoms. The van der Waals surface area contributed by atoms with Crippen LogP contribution in [0.2, 0.25) is 18.1 Å². The minimum Gasteiger partial charge on any atom is -0.410 e. The van der Waals surface area contributed by atoms with Crippen LogP contribution in [-0.4, -0.2) is 25.6 Å².